The van der Waals surface area contributed by atoms with Gasteiger partial charge in [0, 0.05) is 16.3 Å². The van der Waals surface area contributed by atoms with Gasteiger partial charge in [0.15, 0.2) is 0 Å². The van der Waals surface area contributed by atoms with Crippen LogP contribution in [0.25, 0.3) is 0 Å². The number of benzene rings is 1. The lowest BCUT2D eigenvalue weighted by atomic mass is 9.75. The number of ether oxygens (including phenoxy) is 1. The van der Waals surface area contributed by atoms with Crippen LogP contribution in [0.15, 0.2) is 28.7 Å². The van der Waals surface area contributed by atoms with E-state index >= 15 is 0 Å². The van der Waals surface area contributed by atoms with Crippen molar-refractivity contribution in [2.24, 2.45) is 11.7 Å². The first-order chi connectivity index (χ1) is 7.79. The minimum absolute atomic E-state index is 0.403. The molecule has 4 unspecified atom stereocenters. The summed E-state index contributed by atoms with van der Waals surface area (Å²) in [5.74, 6) is 1.02. The second-order valence-corrected chi connectivity index (χ2v) is 5.68. The highest BCUT2D eigenvalue weighted by Crippen LogP contribution is 2.48. The fraction of sp³-hybridized carbons (Fsp3) is 0.538. The van der Waals surface area contributed by atoms with Crippen molar-refractivity contribution in [1.82, 2.24) is 0 Å². The monoisotopic (exact) mass is 281 g/mol. The van der Waals surface area contributed by atoms with Gasteiger partial charge in [-0.1, -0.05) is 28.1 Å². The van der Waals surface area contributed by atoms with Crippen molar-refractivity contribution in [3.8, 4) is 0 Å². The van der Waals surface area contributed by atoms with E-state index in [-0.39, 0.29) is 0 Å². The Bertz CT molecular complexity index is 378. The Balaban J connectivity index is 1.91. The lowest BCUT2D eigenvalue weighted by Crippen LogP contribution is -2.31. The van der Waals surface area contributed by atoms with Crippen LogP contribution in [0.4, 0.5) is 0 Å². The highest BCUT2D eigenvalue weighted by molar-refractivity contribution is 9.10. The van der Waals surface area contributed by atoms with Crippen LogP contribution >= 0.6 is 15.9 Å². The summed E-state index contributed by atoms with van der Waals surface area (Å²) in [5.41, 5.74) is 7.27. The number of hydrogen-bond donors (Lipinski definition) is 1. The lowest BCUT2D eigenvalue weighted by molar-refractivity contribution is 0.0918. The summed E-state index contributed by atoms with van der Waals surface area (Å²) >= 11 is 3.47. The first kappa shape index (κ1) is 10.8. The van der Waals surface area contributed by atoms with Gasteiger partial charge in [0.05, 0.1) is 12.2 Å². The van der Waals surface area contributed by atoms with E-state index in [1.807, 2.05) is 0 Å². The quantitative estimate of drug-likeness (QED) is 0.905. The largest absolute Gasteiger partial charge is 0.374 e. The smallest absolute Gasteiger partial charge is 0.0652 e. The van der Waals surface area contributed by atoms with Crippen molar-refractivity contribution in [3.63, 3.8) is 0 Å². The van der Waals surface area contributed by atoms with Crippen LogP contribution in [0.5, 0.6) is 0 Å². The molecule has 3 rings (SSSR count). The zero-order chi connectivity index (χ0) is 11.1. The average Bonchev–Trinajstić information content (AvgIpc) is 2.89. The Morgan fingerprint density at radius 2 is 1.88 bits per heavy atom. The Labute approximate surface area is 104 Å². The second kappa shape index (κ2) is 4.13. The van der Waals surface area contributed by atoms with Crippen LogP contribution in [0.2, 0.25) is 0 Å². The Kier molecular flexibility index (Phi) is 2.78. The molecule has 1 aromatic carbocycles. The van der Waals surface area contributed by atoms with Crippen molar-refractivity contribution < 1.29 is 4.74 Å². The summed E-state index contributed by atoms with van der Waals surface area (Å²) in [6.07, 6.45) is 3.20. The molecule has 2 heterocycles. The van der Waals surface area contributed by atoms with Crippen LogP contribution in [-0.4, -0.2) is 18.8 Å². The van der Waals surface area contributed by atoms with Gasteiger partial charge in [-0.05, 0) is 37.1 Å². The highest BCUT2D eigenvalue weighted by atomic mass is 79.9. The molecule has 2 fully saturated rings. The summed E-state index contributed by atoms with van der Waals surface area (Å²) in [7, 11) is 0. The molecule has 0 amide bonds. The molecule has 2 saturated heterocycles. The molecule has 0 aromatic heterocycles. The molecule has 2 aliphatic rings. The molecule has 0 aliphatic carbocycles. The molecule has 2 aliphatic heterocycles. The van der Waals surface area contributed by atoms with Gasteiger partial charge in [0.25, 0.3) is 0 Å². The molecule has 4 atom stereocenters. The van der Waals surface area contributed by atoms with Gasteiger partial charge >= 0.3 is 0 Å². The minimum Gasteiger partial charge on any atom is -0.374 e. The number of nitrogens with two attached hydrogens (primary N) is 1. The van der Waals surface area contributed by atoms with Gasteiger partial charge in [-0.25, -0.2) is 0 Å². The normalized spacial score (nSPS) is 36.9. The fourth-order valence-corrected chi connectivity index (χ4v) is 3.48. The summed E-state index contributed by atoms with van der Waals surface area (Å²) in [6.45, 7) is 0.738. The topological polar surface area (TPSA) is 35.2 Å². The van der Waals surface area contributed by atoms with Gasteiger partial charge < -0.3 is 10.5 Å². The number of hydrogen-bond acceptors (Lipinski definition) is 2. The first-order valence-electron chi connectivity index (χ1n) is 5.90. The summed E-state index contributed by atoms with van der Waals surface area (Å²) in [4.78, 5) is 0. The standard InChI is InChI=1S/C13H16BrNO/c14-9-3-1-8(2-4-9)13-10(7-15)11-5-6-12(13)16-11/h1-4,10-13H,5-7,15H2. The van der Waals surface area contributed by atoms with Crippen LogP contribution in [0, 0.1) is 5.92 Å². The van der Waals surface area contributed by atoms with Crippen LogP contribution < -0.4 is 5.73 Å². The first-order valence-corrected chi connectivity index (χ1v) is 6.70. The summed E-state index contributed by atoms with van der Waals surface area (Å²) < 4.78 is 7.11. The van der Waals surface area contributed by atoms with E-state index in [9.17, 15) is 0 Å². The van der Waals surface area contributed by atoms with Crippen LogP contribution in [0.3, 0.4) is 0 Å². The third-order valence-electron chi connectivity index (χ3n) is 3.95. The number of fused-ring (bicyclic) bond motifs is 2. The predicted molar refractivity (Wildman–Crippen MR) is 67.3 cm³/mol. The third kappa shape index (κ3) is 1.62. The van der Waals surface area contributed by atoms with Crippen molar-refractivity contribution in [3.05, 3.63) is 34.3 Å². The van der Waals surface area contributed by atoms with Gasteiger partial charge in [-0.3, -0.25) is 0 Å². The SMILES string of the molecule is NCC1C2CCC(O2)C1c1ccc(Br)cc1. The number of halogens is 1. The zero-order valence-corrected chi connectivity index (χ0v) is 10.7. The third-order valence-corrected chi connectivity index (χ3v) is 4.48. The van der Waals surface area contributed by atoms with Gasteiger partial charge in [0.1, 0.15) is 0 Å². The molecule has 16 heavy (non-hydrogen) atoms. The van der Waals surface area contributed by atoms with E-state index in [0.29, 0.717) is 24.0 Å². The van der Waals surface area contributed by atoms with E-state index in [1.165, 1.54) is 18.4 Å². The van der Waals surface area contributed by atoms with Crippen molar-refractivity contribution in [1.29, 1.82) is 0 Å². The summed E-state index contributed by atoms with van der Waals surface area (Å²) in [5, 5.41) is 0. The van der Waals surface area contributed by atoms with Crippen molar-refractivity contribution in [2.75, 3.05) is 6.54 Å². The van der Waals surface area contributed by atoms with E-state index in [4.69, 9.17) is 10.5 Å². The molecule has 0 radical (unpaired) electrons. The Morgan fingerprint density at radius 3 is 2.56 bits per heavy atom. The van der Waals surface area contributed by atoms with Crippen molar-refractivity contribution >= 4 is 15.9 Å². The highest BCUT2D eigenvalue weighted by Gasteiger charge is 2.48. The maximum absolute atomic E-state index is 5.98. The fourth-order valence-electron chi connectivity index (χ4n) is 3.22. The predicted octanol–water partition coefficient (Wildman–Crippen LogP) is 2.67. The summed E-state index contributed by atoms with van der Waals surface area (Å²) in [6, 6.07) is 8.60. The molecule has 2 bridgehead atoms. The van der Waals surface area contributed by atoms with Crippen LogP contribution in [-0.2, 0) is 4.74 Å². The Hall–Kier alpha value is -0.380. The molecule has 86 valence electrons. The molecule has 3 heteroatoms. The average molecular weight is 282 g/mol. The molecule has 0 spiro atoms. The number of rotatable bonds is 2. The van der Waals surface area contributed by atoms with Gasteiger partial charge in [0.2, 0.25) is 0 Å². The maximum atomic E-state index is 5.98. The molecule has 1 aromatic rings. The van der Waals surface area contributed by atoms with Crippen LogP contribution in [0.1, 0.15) is 24.3 Å². The van der Waals surface area contributed by atoms with Gasteiger partial charge in [-0.15, -0.1) is 0 Å². The molecular formula is C13H16BrNO. The lowest BCUT2D eigenvalue weighted by Gasteiger charge is -2.27. The molecule has 2 N–H and O–H groups in total. The van der Waals surface area contributed by atoms with E-state index in [1.54, 1.807) is 0 Å². The van der Waals surface area contributed by atoms with Crippen molar-refractivity contribution in [2.45, 2.75) is 31.0 Å². The van der Waals surface area contributed by atoms with E-state index < -0.39 is 0 Å². The maximum Gasteiger partial charge on any atom is 0.0652 e. The molecule has 2 nitrogen and oxygen atoms in total. The molecular weight excluding hydrogens is 266 g/mol. The van der Waals surface area contributed by atoms with E-state index in [2.05, 4.69) is 40.2 Å². The second-order valence-electron chi connectivity index (χ2n) is 4.77. The molecule has 0 saturated carbocycles. The van der Waals surface area contributed by atoms with Gasteiger partial charge in [-0.2, -0.15) is 0 Å². The van der Waals surface area contributed by atoms with E-state index in [0.717, 1.165) is 11.0 Å². The Morgan fingerprint density at radius 1 is 1.19 bits per heavy atom. The zero-order valence-electron chi connectivity index (χ0n) is 9.10. The minimum atomic E-state index is 0.403.